The van der Waals surface area contributed by atoms with Crippen LogP contribution in [0.3, 0.4) is 0 Å². The Morgan fingerprint density at radius 2 is 2.00 bits per heavy atom. The Morgan fingerprint density at radius 3 is 2.67 bits per heavy atom. The van der Waals surface area contributed by atoms with Crippen LogP contribution in [0.4, 0.5) is 11.4 Å². The van der Waals surface area contributed by atoms with Crippen molar-refractivity contribution in [3.8, 4) is 6.07 Å². The Kier molecular flexibility index (Phi) is 9.23. The summed E-state index contributed by atoms with van der Waals surface area (Å²) in [5.74, 6) is -0.912. The Bertz CT molecular complexity index is 1450. The highest BCUT2D eigenvalue weighted by molar-refractivity contribution is 9.10. The van der Waals surface area contributed by atoms with Gasteiger partial charge < -0.3 is 5.32 Å². The summed E-state index contributed by atoms with van der Waals surface area (Å²) in [5.41, 5.74) is 4.59. The number of aromatic nitrogens is 1. The molecule has 3 unspecified atom stereocenters. The number of anilines is 2. The first kappa shape index (κ1) is 29.0. The molecule has 206 valence electrons. The Labute approximate surface area is 239 Å². The van der Waals surface area contributed by atoms with Crippen LogP contribution in [0.1, 0.15) is 69.9 Å². The second-order valence-corrected chi connectivity index (χ2v) is 12.9. The van der Waals surface area contributed by atoms with Gasteiger partial charge >= 0.3 is 0 Å². The maximum absolute atomic E-state index is 13.5. The van der Waals surface area contributed by atoms with Crippen LogP contribution in [-0.2, 0) is 21.4 Å². The van der Waals surface area contributed by atoms with Gasteiger partial charge in [-0.3, -0.25) is 19.5 Å². The quantitative estimate of drug-likeness (QED) is 0.323. The molecule has 8 nitrogen and oxygen atoms in total. The van der Waals surface area contributed by atoms with E-state index in [0.717, 1.165) is 24.1 Å². The molecular formula is C29H34BrN5O3S. The van der Waals surface area contributed by atoms with Crippen molar-refractivity contribution in [1.82, 2.24) is 4.98 Å². The fourth-order valence-corrected chi connectivity index (χ4v) is 7.28. The molecule has 0 bridgehead atoms. The van der Waals surface area contributed by atoms with Crippen molar-refractivity contribution in [1.29, 1.82) is 5.26 Å². The summed E-state index contributed by atoms with van der Waals surface area (Å²) in [7, 11) is -3.62. The van der Waals surface area contributed by atoms with E-state index in [-0.39, 0.29) is 17.5 Å². The number of hydrogen-bond donors (Lipinski definition) is 2. The van der Waals surface area contributed by atoms with E-state index in [1.165, 1.54) is 0 Å². The monoisotopic (exact) mass is 611 g/mol. The molecule has 0 spiro atoms. The molecule has 0 fully saturated rings. The molecule has 0 amide bonds. The van der Waals surface area contributed by atoms with Gasteiger partial charge in [0.05, 0.1) is 29.1 Å². The van der Waals surface area contributed by atoms with E-state index >= 15 is 0 Å². The number of carbonyl (C=O) groups excluding carboxylic acids is 1. The van der Waals surface area contributed by atoms with E-state index in [0.29, 0.717) is 58.5 Å². The number of Topliss-reactive ketones (excluding diaryl/α,β-unsaturated/α-hetero) is 1. The lowest BCUT2D eigenvalue weighted by molar-refractivity contribution is -0.117. The minimum atomic E-state index is -3.62. The van der Waals surface area contributed by atoms with Crippen molar-refractivity contribution in [2.24, 2.45) is 16.8 Å². The molecule has 0 radical (unpaired) electrons. The second kappa shape index (κ2) is 12.4. The maximum Gasteiger partial charge on any atom is 0.232 e. The number of halogens is 1. The Hall–Kier alpha value is -3.03. The van der Waals surface area contributed by atoms with E-state index in [1.54, 1.807) is 18.5 Å². The number of sulfonamides is 1. The third-order valence-electron chi connectivity index (χ3n) is 7.21. The van der Waals surface area contributed by atoms with Gasteiger partial charge in [-0.05, 0) is 77.4 Å². The van der Waals surface area contributed by atoms with Gasteiger partial charge in [-0.25, -0.2) is 8.42 Å². The SMILES string of the molecule is CCCC1CC(=O)C2=C(C1)N=C(C)C(C#N)C2c1cc(Br)c(NCc2cccnc2)c(NS(=O)(=O)CCC)c1. The standard InChI is InChI=1S/C29H34BrN5O3S/c1-4-7-19-11-24-28(26(36)12-19)27(22(15-31)18(3)34-24)21-13-23(30)29(33-17-20-8-6-9-32-16-20)25(14-21)35-39(37,38)10-5-2/h6,8-9,13-14,16,19,22,27,33,35H,4-5,7,10-12,17H2,1-3H3. The minimum Gasteiger partial charge on any atom is -0.378 e. The lowest BCUT2D eigenvalue weighted by atomic mass is 9.70. The van der Waals surface area contributed by atoms with Gasteiger partial charge in [0.2, 0.25) is 10.0 Å². The first-order chi connectivity index (χ1) is 18.7. The van der Waals surface area contributed by atoms with Crippen LogP contribution in [0.15, 0.2) is 57.4 Å². The Morgan fingerprint density at radius 1 is 1.21 bits per heavy atom. The minimum absolute atomic E-state index is 0.0271. The number of pyridine rings is 1. The molecule has 1 aliphatic carbocycles. The zero-order valence-electron chi connectivity index (χ0n) is 22.5. The van der Waals surface area contributed by atoms with Crippen molar-refractivity contribution in [2.75, 3.05) is 15.8 Å². The highest BCUT2D eigenvalue weighted by Crippen LogP contribution is 2.47. The van der Waals surface area contributed by atoms with Gasteiger partial charge in [0.1, 0.15) is 0 Å². The average molecular weight is 613 g/mol. The summed E-state index contributed by atoms with van der Waals surface area (Å²) in [5, 5.41) is 13.5. The predicted octanol–water partition coefficient (Wildman–Crippen LogP) is 6.34. The number of ketones is 1. The van der Waals surface area contributed by atoms with Gasteiger partial charge in [-0.1, -0.05) is 26.3 Å². The number of nitrogens with zero attached hydrogens (tertiary/aromatic N) is 3. The predicted molar refractivity (Wildman–Crippen MR) is 158 cm³/mol. The van der Waals surface area contributed by atoms with Crippen LogP contribution in [0, 0.1) is 23.2 Å². The summed E-state index contributed by atoms with van der Waals surface area (Å²) in [4.78, 5) is 22.4. The van der Waals surface area contributed by atoms with Crippen molar-refractivity contribution in [3.63, 3.8) is 0 Å². The fourth-order valence-electron chi connectivity index (χ4n) is 5.52. The molecule has 0 saturated carbocycles. The lowest BCUT2D eigenvalue weighted by Gasteiger charge is -2.35. The summed E-state index contributed by atoms with van der Waals surface area (Å²) in [6.45, 7) is 6.18. The number of carbonyl (C=O) groups is 1. The number of hydrogen-bond acceptors (Lipinski definition) is 7. The topological polar surface area (TPSA) is 124 Å². The maximum atomic E-state index is 13.5. The molecule has 1 aromatic heterocycles. The highest BCUT2D eigenvalue weighted by Gasteiger charge is 2.41. The van der Waals surface area contributed by atoms with Crippen LogP contribution in [-0.4, -0.2) is 30.6 Å². The molecule has 2 heterocycles. The van der Waals surface area contributed by atoms with Crippen molar-refractivity contribution < 1.29 is 13.2 Å². The van der Waals surface area contributed by atoms with E-state index < -0.39 is 21.9 Å². The summed E-state index contributed by atoms with van der Waals surface area (Å²) in [6.07, 6.45) is 7.00. The molecule has 2 N–H and O–H groups in total. The zero-order chi connectivity index (χ0) is 28.2. The number of nitrogens with one attached hydrogen (secondary N) is 2. The van der Waals surface area contributed by atoms with Crippen molar-refractivity contribution >= 4 is 48.8 Å². The van der Waals surface area contributed by atoms with Gasteiger partial charge in [0, 0.05) is 52.7 Å². The summed E-state index contributed by atoms with van der Waals surface area (Å²) in [6, 6.07) is 9.78. The molecule has 1 aliphatic heterocycles. The van der Waals surface area contributed by atoms with Crippen LogP contribution in [0.25, 0.3) is 0 Å². The van der Waals surface area contributed by atoms with Crippen molar-refractivity contribution in [2.45, 2.75) is 65.3 Å². The van der Waals surface area contributed by atoms with E-state index in [1.807, 2.05) is 32.0 Å². The first-order valence-electron chi connectivity index (χ1n) is 13.3. The smallest absolute Gasteiger partial charge is 0.232 e. The van der Waals surface area contributed by atoms with Gasteiger partial charge in [-0.15, -0.1) is 0 Å². The third kappa shape index (κ3) is 6.59. The van der Waals surface area contributed by atoms with Gasteiger partial charge in [0.25, 0.3) is 0 Å². The number of nitriles is 1. The molecule has 1 aromatic carbocycles. The van der Waals surface area contributed by atoms with Gasteiger partial charge in [-0.2, -0.15) is 5.26 Å². The molecule has 4 rings (SSSR count). The number of benzene rings is 1. The first-order valence-corrected chi connectivity index (χ1v) is 15.8. The van der Waals surface area contributed by atoms with Crippen LogP contribution in [0.5, 0.6) is 0 Å². The molecule has 2 aliphatic rings. The zero-order valence-corrected chi connectivity index (χ0v) is 24.9. The van der Waals surface area contributed by atoms with E-state index in [2.05, 4.69) is 43.9 Å². The number of aliphatic imine (C=N–C) groups is 1. The van der Waals surface area contributed by atoms with Gasteiger partial charge in [0.15, 0.2) is 5.78 Å². The largest absolute Gasteiger partial charge is 0.378 e. The van der Waals surface area contributed by atoms with Crippen LogP contribution < -0.4 is 10.0 Å². The molecule has 3 atom stereocenters. The molecular weight excluding hydrogens is 578 g/mol. The fraction of sp³-hybridized carbons (Fsp3) is 0.448. The molecule has 10 heteroatoms. The normalized spacial score (nSPS) is 21.2. The second-order valence-electron chi connectivity index (χ2n) is 10.2. The van der Waals surface area contributed by atoms with E-state index in [4.69, 9.17) is 4.99 Å². The van der Waals surface area contributed by atoms with Crippen LogP contribution >= 0.6 is 15.9 Å². The lowest BCUT2D eigenvalue weighted by Crippen LogP contribution is -2.33. The van der Waals surface area contributed by atoms with E-state index in [9.17, 15) is 18.5 Å². The Balaban J connectivity index is 1.81. The molecule has 0 saturated heterocycles. The molecule has 39 heavy (non-hydrogen) atoms. The third-order valence-corrected chi connectivity index (χ3v) is 9.31. The molecule has 2 aromatic rings. The summed E-state index contributed by atoms with van der Waals surface area (Å²) >= 11 is 3.65. The summed E-state index contributed by atoms with van der Waals surface area (Å²) < 4.78 is 29.1. The van der Waals surface area contributed by atoms with Crippen LogP contribution in [0.2, 0.25) is 0 Å². The number of allylic oxidation sites excluding steroid dienone is 2. The number of rotatable bonds is 10. The van der Waals surface area contributed by atoms with Crippen molar-refractivity contribution in [3.05, 3.63) is 63.5 Å². The highest BCUT2D eigenvalue weighted by atomic mass is 79.9. The average Bonchev–Trinajstić information content (AvgIpc) is 2.87.